The number of aryl methyl sites for hydroxylation is 1. The fraction of sp³-hybridized carbons (Fsp3) is 0.0833. The van der Waals surface area contributed by atoms with Crippen molar-refractivity contribution in [2.45, 2.75) is 6.92 Å². The molecule has 0 radical (unpaired) electrons. The van der Waals surface area contributed by atoms with Gasteiger partial charge in [-0.2, -0.15) is 0 Å². The van der Waals surface area contributed by atoms with Crippen LogP contribution in [0.1, 0.15) is 20.8 Å². The Morgan fingerprint density at radius 3 is 2.53 bits per heavy atom. The number of hydrogen-bond donors (Lipinski definition) is 0. The van der Waals surface area contributed by atoms with Crippen LogP contribution >= 0.6 is 22.9 Å². The molecule has 0 aliphatic rings. The second-order valence-electron chi connectivity index (χ2n) is 3.51. The van der Waals surface area contributed by atoms with Crippen molar-refractivity contribution in [3.05, 3.63) is 56.2 Å². The summed E-state index contributed by atoms with van der Waals surface area (Å²) < 4.78 is 27.3. The van der Waals surface area contributed by atoms with Crippen LogP contribution in [-0.2, 0) is 0 Å². The van der Waals surface area contributed by atoms with Crippen LogP contribution < -0.4 is 0 Å². The third-order valence-electron chi connectivity index (χ3n) is 2.29. The van der Waals surface area contributed by atoms with E-state index in [0.29, 0.717) is 4.34 Å². The van der Waals surface area contributed by atoms with Gasteiger partial charge in [-0.1, -0.05) is 11.6 Å². The molecule has 5 heteroatoms. The molecule has 0 saturated carbocycles. The quantitative estimate of drug-likeness (QED) is 0.748. The number of benzene rings is 1. The van der Waals surface area contributed by atoms with Gasteiger partial charge in [-0.05, 0) is 36.8 Å². The first-order valence-electron chi connectivity index (χ1n) is 4.74. The molecule has 17 heavy (non-hydrogen) atoms. The van der Waals surface area contributed by atoms with Crippen molar-refractivity contribution in [1.29, 1.82) is 0 Å². The van der Waals surface area contributed by atoms with Crippen molar-refractivity contribution >= 4 is 28.7 Å². The summed E-state index contributed by atoms with van der Waals surface area (Å²) in [7, 11) is 0. The Morgan fingerprint density at radius 2 is 1.94 bits per heavy atom. The molecule has 0 aliphatic heterocycles. The summed E-state index contributed by atoms with van der Waals surface area (Å²) in [5, 5.41) is 0. The minimum Gasteiger partial charge on any atom is -0.288 e. The summed E-state index contributed by atoms with van der Waals surface area (Å²) in [5.41, 5.74) is -0.102. The molecule has 0 bridgehead atoms. The minimum absolute atomic E-state index is 0.170. The van der Waals surface area contributed by atoms with Crippen molar-refractivity contribution in [2.24, 2.45) is 0 Å². The Kier molecular flexibility index (Phi) is 3.26. The highest BCUT2D eigenvalue weighted by molar-refractivity contribution is 7.18. The number of carbonyl (C=O) groups excluding carboxylic acids is 1. The molecular formula is C12H7ClF2OS. The van der Waals surface area contributed by atoms with Gasteiger partial charge < -0.3 is 0 Å². The number of rotatable bonds is 2. The maximum Gasteiger partial charge on any atom is 0.206 e. The minimum atomic E-state index is -0.724. The van der Waals surface area contributed by atoms with Crippen LogP contribution in [0.15, 0.2) is 24.3 Å². The Bertz CT molecular complexity index is 592. The summed E-state index contributed by atoms with van der Waals surface area (Å²) in [5.74, 6) is -1.88. The Hall–Kier alpha value is -1.26. The lowest BCUT2D eigenvalue weighted by Crippen LogP contribution is -2.04. The van der Waals surface area contributed by atoms with Crippen molar-refractivity contribution < 1.29 is 13.6 Å². The molecule has 0 N–H and O–H groups in total. The van der Waals surface area contributed by atoms with Crippen molar-refractivity contribution in [3.63, 3.8) is 0 Å². The van der Waals surface area contributed by atoms with Gasteiger partial charge >= 0.3 is 0 Å². The summed E-state index contributed by atoms with van der Waals surface area (Å²) in [6, 6.07) is 4.97. The first-order chi connectivity index (χ1) is 7.99. The standard InChI is InChI=1S/C12H7ClF2OS/c1-6-4-9(15)7(5-8(6)14)12(16)10-2-3-11(13)17-10/h2-5H,1H3. The fourth-order valence-corrected chi connectivity index (χ4v) is 2.39. The van der Waals surface area contributed by atoms with E-state index in [9.17, 15) is 13.6 Å². The molecule has 0 atom stereocenters. The van der Waals surface area contributed by atoms with Gasteiger partial charge in [-0.3, -0.25) is 4.79 Å². The van der Waals surface area contributed by atoms with Crippen LogP contribution in [0.2, 0.25) is 4.34 Å². The number of halogens is 3. The molecule has 0 aliphatic carbocycles. The van der Waals surface area contributed by atoms with E-state index in [4.69, 9.17) is 11.6 Å². The molecule has 0 spiro atoms. The molecule has 2 aromatic rings. The van der Waals surface area contributed by atoms with Gasteiger partial charge in [0.2, 0.25) is 5.78 Å². The first-order valence-corrected chi connectivity index (χ1v) is 5.94. The molecule has 2 rings (SSSR count). The maximum atomic E-state index is 13.6. The largest absolute Gasteiger partial charge is 0.288 e. The van der Waals surface area contributed by atoms with Gasteiger partial charge in [-0.15, -0.1) is 11.3 Å². The van der Waals surface area contributed by atoms with E-state index in [1.54, 1.807) is 6.07 Å². The topological polar surface area (TPSA) is 17.1 Å². The normalized spacial score (nSPS) is 10.6. The fourth-order valence-electron chi connectivity index (χ4n) is 1.39. The average Bonchev–Trinajstić information content (AvgIpc) is 2.69. The average molecular weight is 273 g/mol. The van der Waals surface area contributed by atoms with E-state index < -0.39 is 17.4 Å². The molecule has 0 saturated heterocycles. The lowest BCUT2D eigenvalue weighted by molar-refractivity contribution is 0.103. The molecule has 1 aromatic heterocycles. The second-order valence-corrected chi connectivity index (χ2v) is 5.23. The Balaban J connectivity index is 2.47. The van der Waals surface area contributed by atoms with Gasteiger partial charge in [0.05, 0.1) is 14.8 Å². The van der Waals surface area contributed by atoms with Gasteiger partial charge in [0.25, 0.3) is 0 Å². The lowest BCUT2D eigenvalue weighted by atomic mass is 10.1. The first kappa shape index (κ1) is 12.2. The van der Waals surface area contributed by atoms with Crippen LogP contribution in [0.25, 0.3) is 0 Å². The number of carbonyl (C=O) groups is 1. The smallest absolute Gasteiger partial charge is 0.206 e. The van der Waals surface area contributed by atoms with Crippen molar-refractivity contribution in [2.75, 3.05) is 0 Å². The van der Waals surface area contributed by atoms with Crippen LogP contribution in [0.5, 0.6) is 0 Å². The summed E-state index contributed by atoms with van der Waals surface area (Å²) >= 11 is 6.72. The molecule has 1 nitrogen and oxygen atoms in total. The van der Waals surface area contributed by atoms with E-state index in [1.165, 1.54) is 13.0 Å². The number of thiophene rings is 1. The zero-order valence-corrected chi connectivity index (χ0v) is 10.3. The Labute approximate surface area is 106 Å². The van der Waals surface area contributed by atoms with Crippen molar-refractivity contribution in [3.8, 4) is 0 Å². The Morgan fingerprint density at radius 1 is 1.24 bits per heavy atom. The SMILES string of the molecule is Cc1cc(F)c(C(=O)c2ccc(Cl)s2)cc1F. The van der Waals surface area contributed by atoms with Crippen LogP contribution in [0.4, 0.5) is 8.78 Å². The van der Waals surface area contributed by atoms with Crippen molar-refractivity contribution in [1.82, 2.24) is 0 Å². The molecule has 0 fully saturated rings. The van der Waals surface area contributed by atoms with Crippen LogP contribution in [0, 0.1) is 18.6 Å². The van der Waals surface area contributed by atoms with E-state index in [0.717, 1.165) is 23.5 Å². The number of hydrogen-bond acceptors (Lipinski definition) is 2. The van der Waals surface area contributed by atoms with Gasteiger partial charge in [0.1, 0.15) is 11.6 Å². The lowest BCUT2D eigenvalue weighted by Gasteiger charge is -2.03. The summed E-state index contributed by atoms with van der Waals surface area (Å²) in [4.78, 5) is 12.2. The third kappa shape index (κ3) is 2.37. The zero-order chi connectivity index (χ0) is 12.6. The monoisotopic (exact) mass is 272 g/mol. The second kappa shape index (κ2) is 4.55. The zero-order valence-electron chi connectivity index (χ0n) is 8.76. The predicted molar refractivity (Wildman–Crippen MR) is 63.9 cm³/mol. The van der Waals surface area contributed by atoms with E-state index in [-0.39, 0.29) is 16.0 Å². The summed E-state index contributed by atoms with van der Waals surface area (Å²) in [6.07, 6.45) is 0. The highest BCUT2D eigenvalue weighted by Crippen LogP contribution is 2.25. The molecule has 0 unspecified atom stereocenters. The van der Waals surface area contributed by atoms with E-state index in [2.05, 4.69) is 0 Å². The molecule has 0 amide bonds. The highest BCUT2D eigenvalue weighted by Gasteiger charge is 2.17. The third-order valence-corrected chi connectivity index (χ3v) is 3.52. The van der Waals surface area contributed by atoms with Gasteiger partial charge in [0, 0.05) is 0 Å². The maximum absolute atomic E-state index is 13.6. The van der Waals surface area contributed by atoms with Gasteiger partial charge in [-0.25, -0.2) is 8.78 Å². The molecule has 1 heterocycles. The van der Waals surface area contributed by atoms with Gasteiger partial charge in [0.15, 0.2) is 0 Å². The molecular weight excluding hydrogens is 266 g/mol. The molecule has 88 valence electrons. The predicted octanol–water partition coefficient (Wildman–Crippen LogP) is 4.22. The summed E-state index contributed by atoms with van der Waals surface area (Å²) in [6.45, 7) is 1.44. The van der Waals surface area contributed by atoms with Crippen LogP contribution in [-0.4, -0.2) is 5.78 Å². The van der Waals surface area contributed by atoms with Crippen LogP contribution in [0.3, 0.4) is 0 Å². The van der Waals surface area contributed by atoms with E-state index in [1.807, 2.05) is 0 Å². The highest BCUT2D eigenvalue weighted by atomic mass is 35.5. The number of ketones is 1. The molecule has 1 aromatic carbocycles. The van der Waals surface area contributed by atoms with E-state index >= 15 is 0 Å².